The van der Waals surface area contributed by atoms with Crippen molar-refractivity contribution in [2.75, 3.05) is 46.8 Å². The molecule has 2 fully saturated rings. The highest BCUT2D eigenvalue weighted by atomic mass is 32.2. The third-order valence-corrected chi connectivity index (χ3v) is 7.85. The normalized spacial score (nSPS) is 22.8. The number of benzene rings is 2. The molecule has 5 rings (SSSR count). The Morgan fingerprint density at radius 2 is 1.60 bits per heavy atom. The van der Waals surface area contributed by atoms with Gasteiger partial charge in [0.25, 0.3) is 0 Å². The van der Waals surface area contributed by atoms with Crippen LogP contribution in [0.2, 0.25) is 0 Å². The summed E-state index contributed by atoms with van der Waals surface area (Å²) >= 11 is 1.52. The number of piperazine rings is 1. The van der Waals surface area contributed by atoms with Crippen LogP contribution in [-0.4, -0.2) is 69.3 Å². The Kier molecular flexibility index (Phi) is 8.30. The molecule has 2 aromatic carbocycles. The van der Waals surface area contributed by atoms with Gasteiger partial charge in [0.15, 0.2) is 0 Å². The predicted molar refractivity (Wildman–Crippen MR) is 138 cm³/mol. The van der Waals surface area contributed by atoms with Gasteiger partial charge >= 0.3 is 0 Å². The Hall–Kier alpha value is -2.62. The first-order valence-corrected chi connectivity index (χ1v) is 12.6. The minimum atomic E-state index is -0.102. The topological polar surface area (TPSA) is 72.5 Å². The number of nitrogens with zero attached hydrogens (tertiary/aromatic N) is 2. The summed E-state index contributed by atoms with van der Waals surface area (Å²) in [6.45, 7) is 0.773. The Morgan fingerprint density at radius 1 is 0.914 bits per heavy atom. The van der Waals surface area contributed by atoms with Gasteiger partial charge in [-0.3, -0.25) is 4.79 Å². The molecule has 0 spiro atoms. The third-order valence-electron chi connectivity index (χ3n) is 6.79. The average Bonchev–Trinajstić information content (AvgIpc) is 2.89. The molecule has 3 unspecified atom stereocenters. The summed E-state index contributed by atoms with van der Waals surface area (Å²) in [5.74, 6) is 2.57. The van der Waals surface area contributed by atoms with Gasteiger partial charge in [0.1, 0.15) is 23.3 Å². The van der Waals surface area contributed by atoms with E-state index in [4.69, 9.17) is 14.2 Å². The first-order chi connectivity index (χ1) is 17.0. The molecule has 2 saturated heterocycles. The van der Waals surface area contributed by atoms with E-state index in [1.165, 1.54) is 23.3 Å². The van der Waals surface area contributed by atoms with Gasteiger partial charge in [0.05, 0.1) is 33.1 Å². The Morgan fingerprint density at radius 3 is 2.26 bits per heavy atom. The number of ether oxygens (including phenoxy) is 4. The van der Waals surface area contributed by atoms with Crippen molar-refractivity contribution in [1.29, 1.82) is 0 Å². The summed E-state index contributed by atoms with van der Waals surface area (Å²) in [6.07, 6.45) is 3.90. The molecule has 8 nitrogen and oxygen atoms in total. The Labute approximate surface area is 212 Å². The van der Waals surface area contributed by atoms with Crippen molar-refractivity contribution in [3.05, 3.63) is 47.5 Å². The Bertz CT molecular complexity index is 1010. The lowest BCUT2D eigenvalue weighted by atomic mass is 9.80. The molecule has 1 amide bonds. The number of rotatable bonds is 6. The van der Waals surface area contributed by atoms with Crippen LogP contribution in [0.3, 0.4) is 0 Å². The Balaban J connectivity index is 0.000000917. The number of nitrogens with one attached hydrogen (secondary N) is 1. The van der Waals surface area contributed by atoms with E-state index in [-0.39, 0.29) is 24.0 Å². The molecule has 0 aromatic heterocycles. The number of piperidine rings is 1. The minimum absolute atomic E-state index is 0.0721. The molecular weight excluding hydrogens is 466 g/mol. The van der Waals surface area contributed by atoms with Crippen LogP contribution in [0.5, 0.6) is 17.2 Å². The molecule has 35 heavy (non-hydrogen) atoms. The van der Waals surface area contributed by atoms with Crippen molar-refractivity contribution in [3.63, 3.8) is 0 Å². The fourth-order valence-corrected chi connectivity index (χ4v) is 6.26. The molecule has 3 aliphatic rings. The molecule has 2 bridgehead atoms. The van der Waals surface area contributed by atoms with Gasteiger partial charge in [-0.05, 0) is 48.9 Å². The van der Waals surface area contributed by atoms with Crippen LogP contribution >= 0.6 is 12.1 Å². The van der Waals surface area contributed by atoms with Crippen molar-refractivity contribution in [3.8, 4) is 17.2 Å². The van der Waals surface area contributed by atoms with Gasteiger partial charge in [0.2, 0.25) is 5.91 Å². The van der Waals surface area contributed by atoms with E-state index in [9.17, 15) is 4.79 Å². The lowest BCUT2D eigenvalue weighted by Gasteiger charge is -2.54. The van der Waals surface area contributed by atoms with Gasteiger partial charge < -0.3 is 28.6 Å². The van der Waals surface area contributed by atoms with Gasteiger partial charge in [-0.25, -0.2) is 4.31 Å². The molecule has 1 N–H and O–H groups in total. The van der Waals surface area contributed by atoms with Crippen molar-refractivity contribution < 1.29 is 23.7 Å². The van der Waals surface area contributed by atoms with Gasteiger partial charge in [-0.1, -0.05) is 6.07 Å². The van der Waals surface area contributed by atoms with Gasteiger partial charge in [-0.2, -0.15) is 0 Å². The van der Waals surface area contributed by atoms with Gasteiger partial charge in [0, 0.05) is 57.1 Å². The number of amides is 1. The zero-order valence-corrected chi connectivity index (χ0v) is 21.9. The standard InChI is InChI=1S/C24H29N3O4S.C2H6O/c1-29-17-7-8-20-15(11-17)9-10-26-23(20)21-5-4-6-22(24(26)28)27(21)32-25-16-12-18(30-2)14-19(13-16)31-3;1-3-2/h7-8,11-14,21-23,25H,4-6,9-10H2,1-3H3;1-2H3. The van der Waals surface area contributed by atoms with Gasteiger partial charge in [-0.15, -0.1) is 0 Å². The molecule has 0 saturated carbocycles. The van der Waals surface area contributed by atoms with Crippen molar-refractivity contribution >= 4 is 23.7 Å². The van der Waals surface area contributed by atoms with E-state index in [0.29, 0.717) is 0 Å². The maximum absolute atomic E-state index is 13.5. The largest absolute Gasteiger partial charge is 0.497 e. The molecule has 0 aliphatic carbocycles. The number of hydrogen-bond donors (Lipinski definition) is 1. The van der Waals surface area contributed by atoms with E-state index in [1.807, 2.05) is 24.3 Å². The highest BCUT2D eigenvalue weighted by molar-refractivity contribution is 7.98. The number of carbonyl (C=O) groups excluding carboxylic acids is 1. The summed E-state index contributed by atoms with van der Waals surface area (Å²) in [5, 5.41) is 0. The first kappa shape index (κ1) is 25.5. The van der Waals surface area contributed by atoms with Crippen LogP contribution < -0.4 is 18.9 Å². The highest BCUT2D eigenvalue weighted by Gasteiger charge is 2.51. The smallest absolute Gasteiger partial charge is 0.241 e. The highest BCUT2D eigenvalue weighted by Crippen LogP contribution is 2.47. The van der Waals surface area contributed by atoms with Crippen LogP contribution in [0.25, 0.3) is 0 Å². The average molecular weight is 502 g/mol. The summed E-state index contributed by atoms with van der Waals surface area (Å²) < 4.78 is 26.2. The molecule has 3 aliphatic heterocycles. The second-order valence-corrected chi connectivity index (χ2v) is 9.68. The molecule has 9 heteroatoms. The van der Waals surface area contributed by atoms with E-state index >= 15 is 0 Å². The fourth-order valence-electron chi connectivity index (χ4n) is 5.25. The summed E-state index contributed by atoms with van der Waals surface area (Å²) in [5.41, 5.74) is 3.43. The fraction of sp³-hybridized carbons (Fsp3) is 0.500. The molecule has 3 atom stereocenters. The summed E-state index contributed by atoms with van der Waals surface area (Å²) in [7, 11) is 8.23. The number of methoxy groups -OCH3 is 4. The lowest BCUT2D eigenvalue weighted by molar-refractivity contribution is -0.149. The maximum Gasteiger partial charge on any atom is 0.241 e. The number of fused-ring (bicyclic) bond motifs is 6. The second-order valence-electron chi connectivity index (χ2n) is 8.87. The van der Waals surface area contributed by atoms with Crippen LogP contribution in [0, 0.1) is 0 Å². The molecular formula is C26H35N3O5S. The van der Waals surface area contributed by atoms with Crippen LogP contribution in [0.4, 0.5) is 5.69 Å². The first-order valence-electron chi connectivity index (χ1n) is 11.9. The summed E-state index contributed by atoms with van der Waals surface area (Å²) in [6, 6.07) is 12.2. The zero-order valence-electron chi connectivity index (χ0n) is 21.1. The van der Waals surface area contributed by atoms with E-state index in [0.717, 1.165) is 55.2 Å². The molecule has 0 radical (unpaired) electrons. The maximum atomic E-state index is 13.5. The van der Waals surface area contributed by atoms with E-state index < -0.39 is 0 Å². The van der Waals surface area contributed by atoms with Crippen LogP contribution in [0.1, 0.15) is 36.4 Å². The number of anilines is 1. The van der Waals surface area contributed by atoms with Crippen LogP contribution in [0.15, 0.2) is 36.4 Å². The van der Waals surface area contributed by atoms with Crippen molar-refractivity contribution in [2.24, 2.45) is 0 Å². The van der Waals surface area contributed by atoms with Crippen molar-refractivity contribution in [2.45, 2.75) is 43.8 Å². The zero-order chi connectivity index (χ0) is 24.9. The number of hydrogen-bond acceptors (Lipinski definition) is 8. The molecule has 190 valence electrons. The monoisotopic (exact) mass is 501 g/mol. The minimum Gasteiger partial charge on any atom is -0.497 e. The van der Waals surface area contributed by atoms with Crippen molar-refractivity contribution in [1.82, 2.24) is 9.21 Å². The predicted octanol–water partition coefficient (Wildman–Crippen LogP) is 4.31. The van der Waals surface area contributed by atoms with E-state index in [2.05, 4.69) is 30.8 Å². The third kappa shape index (κ3) is 5.17. The lowest BCUT2D eigenvalue weighted by Crippen LogP contribution is -2.64. The molecule has 2 aromatic rings. The summed E-state index contributed by atoms with van der Waals surface area (Å²) in [4.78, 5) is 15.6. The quantitative estimate of drug-likeness (QED) is 0.587. The van der Waals surface area contributed by atoms with E-state index in [1.54, 1.807) is 35.5 Å². The van der Waals surface area contributed by atoms with Crippen LogP contribution in [-0.2, 0) is 16.0 Å². The number of carbonyl (C=O) groups is 1. The molecule has 3 heterocycles. The SMILES string of the molecule is COC.COc1cc(NSN2C3CCCC2C2c4ccc(OC)cc4CCN2C3=O)cc(OC)c1. The second kappa shape index (κ2) is 11.4.